The van der Waals surface area contributed by atoms with E-state index in [1.165, 1.54) is 0 Å². The molecule has 1 amide bonds. The molecular formula is C11H23N3O2. The number of amides is 1. The summed E-state index contributed by atoms with van der Waals surface area (Å²) in [4.78, 5) is 13.6. The lowest BCUT2D eigenvalue weighted by Crippen LogP contribution is -2.40. The van der Waals surface area contributed by atoms with Crippen molar-refractivity contribution in [1.82, 2.24) is 4.90 Å². The fraction of sp³-hybridized carbons (Fsp3) is 0.818. The van der Waals surface area contributed by atoms with Gasteiger partial charge in [-0.15, -0.1) is 0 Å². The number of nitrogens with zero attached hydrogens (tertiary/aromatic N) is 2. The van der Waals surface area contributed by atoms with Crippen molar-refractivity contribution in [2.75, 3.05) is 13.1 Å². The van der Waals surface area contributed by atoms with Gasteiger partial charge in [-0.2, -0.15) is 0 Å². The van der Waals surface area contributed by atoms with Crippen LogP contribution < -0.4 is 5.73 Å². The number of oxime groups is 1. The number of hydrogen-bond acceptors (Lipinski definition) is 3. The first-order valence-corrected chi connectivity index (χ1v) is 5.54. The molecule has 0 rings (SSSR count). The van der Waals surface area contributed by atoms with Gasteiger partial charge in [0.05, 0.1) is 6.54 Å². The highest BCUT2D eigenvalue weighted by Crippen LogP contribution is 2.19. The normalized spacial score (nSPS) is 12.6. The second-order valence-corrected chi connectivity index (χ2v) is 5.14. The highest BCUT2D eigenvalue weighted by Gasteiger charge is 2.21. The van der Waals surface area contributed by atoms with E-state index in [-0.39, 0.29) is 23.7 Å². The molecule has 0 aliphatic heterocycles. The number of amidine groups is 1. The minimum atomic E-state index is -0.0474. The molecule has 0 saturated heterocycles. The van der Waals surface area contributed by atoms with Gasteiger partial charge in [0.15, 0.2) is 5.84 Å². The molecule has 94 valence electrons. The second kappa shape index (κ2) is 6.35. The van der Waals surface area contributed by atoms with Gasteiger partial charge in [0.2, 0.25) is 5.91 Å². The predicted octanol–water partition coefficient (Wildman–Crippen LogP) is 1.41. The van der Waals surface area contributed by atoms with Gasteiger partial charge in [-0.3, -0.25) is 4.79 Å². The number of hydrogen-bond donors (Lipinski definition) is 2. The van der Waals surface area contributed by atoms with Gasteiger partial charge in [-0.05, 0) is 11.8 Å². The molecule has 0 atom stereocenters. The van der Waals surface area contributed by atoms with Crippen molar-refractivity contribution in [2.24, 2.45) is 16.3 Å². The predicted molar refractivity (Wildman–Crippen MR) is 64.4 cm³/mol. The van der Waals surface area contributed by atoms with Crippen molar-refractivity contribution < 1.29 is 10.0 Å². The van der Waals surface area contributed by atoms with Crippen LogP contribution in [0.15, 0.2) is 5.16 Å². The van der Waals surface area contributed by atoms with Crippen LogP contribution in [0.3, 0.4) is 0 Å². The largest absolute Gasteiger partial charge is 0.409 e. The third-order valence-corrected chi connectivity index (χ3v) is 2.01. The molecule has 0 heterocycles. The van der Waals surface area contributed by atoms with Gasteiger partial charge in [-0.25, -0.2) is 0 Å². The number of carbonyl (C=O) groups excluding carboxylic acids is 1. The summed E-state index contributed by atoms with van der Waals surface area (Å²) >= 11 is 0. The SMILES string of the molecule is CCCN(CC(N)=NO)C(=O)CC(C)(C)C. The summed E-state index contributed by atoms with van der Waals surface area (Å²) in [6.45, 7) is 8.85. The Morgan fingerprint density at radius 2 is 2.00 bits per heavy atom. The first-order chi connectivity index (χ1) is 7.30. The average molecular weight is 229 g/mol. The Morgan fingerprint density at radius 3 is 2.38 bits per heavy atom. The summed E-state index contributed by atoms with van der Waals surface area (Å²) in [5, 5.41) is 11.4. The van der Waals surface area contributed by atoms with E-state index >= 15 is 0 Å². The lowest BCUT2D eigenvalue weighted by molar-refractivity contribution is -0.132. The lowest BCUT2D eigenvalue weighted by Gasteiger charge is -2.25. The van der Waals surface area contributed by atoms with Crippen molar-refractivity contribution in [2.45, 2.75) is 40.5 Å². The van der Waals surface area contributed by atoms with Gasteiger partial charge in [-0.1, -0.05) is 32.9 Å². The van der Waals surface area contributed by atoms with E-state index in [0.717, 1.165) is 6.42 Å². The molecule has 0 radical (unpaired) electrons. The van der Waals surface area contributed by atoms with Crippen LogP contribution in [0.4, 0.5) is 0 Å². The maximum atomic E-state index is 11.9. The van der Waals surface area contributed by atoms with E-state index in [1.807, 2.05) is 27.7 Å². The third-order valence-electron chi connectivity index (χ3n) is 2.01. The molecule has 0 unspecified atom stereocenters. The Morgan fingerprint density at radius 1 is 1.44 bits per heavy atom. The van der Waals surface area contributed by atoms with Crippen LogP contribution in [0, 0.1) is 5.41 Å². The third kappa shape index (κ3) is 6.27. The first kappa shape index (κ1) is 14.7. The van der Waals surface area contributed by atoms with Crippen LogP contribution in [0.2, 0.25) is 0 Å². The molecule has 5 nitrogen and oxygen atoms in total. The lowest BCUT2D eigenvalue weighted by atomic mass is 9.91. The van der Waals surface area contributed by atoms with Crippen LogP contribution in [0.1, 0.15) is 40.5 Å². The molecule has 16 heavy (non-hydrogen) atoms. The Balaban J connectivity index is 4.47. The van der Waals surface area contributed by atoms with Gasteiger partial charge < -0.3 is 15.8 Å². The molecule has 0 aliphatic carbocycles. The molecule has 0 bridgehead atoms. The molecule has 0 aromatic heterocycles. The van der Waals surface area contributed by atoms with E-state index in [1.54, 1.807) is 4.90 Å². The Kier molecular flexibility index (Phi) is 5.85. The van der Waals surface area contributed by atoms with E-state index in [4.69, 9.17) is 10.9 Å². The molecule has 0 fully saturated rings. The zero-order valence-electron chi connectivity index (χ0n) is 10.7. The van der Waals surface area contributed by atoms with Crippen LogP contribution in [-0.2, 0) is 4.79 Å². The summed E-state index contributed by atoms with van der Waals surface area (Å²) in [5.41, 5.74) is 5.36. The van der Waals surface area contributed by atoms with Crippen LogP contribution in [0.25, 0.3) is 0 Å². The highest BCUT2D eigenvalue weighted by molar-refractivity contribution is 5.87. The minimum Gasteiger partial charge on any atom is -0.409 e. The van der Waals surface area contributed by atoms with Crippen molar-refractivity contribution >= 4 is 11.7 Å². The summed E-state index contributed by atoms with van der Waals surface area (Å²) in [6.07, 6.45) is 1.32. The zero-order valence-corrected chi connectivity index (χ0v) is 10.7. The monoisotopic (exact) mass is 229 g/mol. The topological polar surface area (TPSA) is 78.9 Å². The second-order valence-electron chi connectivity index (χ2n) is 5.14. The van der Waals surface area contributed by atoms with Crippen LogP contribution in [0.5, 0.6) is 0 Å². The summed E-state index contributed by atoms with van der Waals surface area (Å²) in [6, 6.07) is 0. The fourth-order valence-electron chi connectivity index (χ4n) is 1.35. The maximum Gasteiger partial charge on any atom is 0.223 e. The summed E-state index contributed by atoms with van der Waals surface area (Å²) < 4.78 is 0. The van der Waals surface area contributed by atoms with E-state index in [2.05, 4.69) is 5.16 Å². The van der Waals surface area contributed by atoms with Crippen molar-refractivity contribution in [3.63, 3.8) is 0 Å². The number of rotatable bonds is 5. The molecule has 0 aromatic carbocycles. The highest BCUT2D eigenvalue weighted by atomic mass is 16.4. The van der Waals surface area contributed by atoms with Crippen LogP contribution >= 0.6 is 0 Å². The molecular weight excluding hydrogens is 206 g/mol. The average Bonchev–Trinajstić information content (AvgIpc) is 2.14. The summed E-state index contributed by atoms with van der Waals surface area (Å²) in [7, 11) is 0. The van der Waals surface area contributed by atoms with Gasteiger partial charge in [0.25, 0.3) is 0 Å². The van der Waals surface area contributed by atoms with Crippen molar-refractivity contribution in [1.29, 1.82) is 0 Å². The molecule has 3 N–H and O–H groups in total. The Hall–Kier alpha value is -1.26. The van der Waals surface area contributed by atoms with Gasteiger partial charge >= 0.3 is 0 Å². The molecule has 0 aliphatic rings. The van der Waals surface area contributed by atoms with E-state index in [0.29, 0.717) is 13.0 Å². The fourth-order valence-corrected chi connectivity index (χ4v) is 1.35. The number of carbonyl (C=O) groups is 1. The zero-order chi connectivity index (χ0) is 12.8. The van der Waals surface area contributed by atoms with Gasteiger partial charge in [0, 0.05) is 13.0 Å². The molecule has 5 heteroatoms. The van der Waals surface area contributed by atoms with Crippen molar-refractivity contribution in [3.8, 4) is 0 Å². The quantitative estimate of drug-likeness (QED) is 0.324. The first-order valence-electron chi connectivity index (χ1n) is 5.54. The van der Waals surface area contributed by atoms with Crippen LogP contribution in [-0.4, -0.2) is 34.9 Å². The standard InChI is InChI=1S/C11H23N3O2/c1-5-6-14(8-9(12)13-16)10(15)7-11(2,3)4/h16H,5-8H2,1-4H3,(H2,12,13). The minimum absolute atomic E-state index is 0.0425. The Bertz CT molecular complexity index is 256. The maximum absolute atomic E-state index is 11.9. The molecule has 0 saturated carbocycles. The van der Waals surface area contributed by atoms with Crippen molar-refractivity contribution in [3.05, 3.63) is 0 Å². The molecule has 0 aromatic rings. The number of nitrogens with two attached hydrogens (primary N) is 1. The van der Waals surface area contributed by atoms with E-state index in [9.17, 15) is 4.79 Å². The van der Waals surface area contributed by atoms with E-state index < -0.39 is 0 Å². The summed E-state index contributed by atoms with van der Waals surface area (Å²) in [5.74, 6) is 0.108. The smallest absolute Gasteiger partial charge is 0.223 e. The Labute approximate surface area is 97.3 Å². The molecule has 0 spiro atoms. The van der Waals surface area contributed by atoms with Gasteiger partial charge in [0.1, 0.15) is 0 Å².